The number of benzene rings is 2. The quantitative estimate of drug-likeness (QED) is 0.428. The van der Waals surface area contributed by atoms with E-state index < -0.39 is 11.9 Å². The second-order valence-electron chi connectivity index (χ2n) is 11.3. The number of anilines is 1. The fourth-order valence-electron chi connectivity index (χ4n) is 6.22. The number of hydrogen-bond acceptors (Lipinski definition) is 8. The lowest BCUT2D eigenvalue weighted by Crippen LogP contribution is -2.38. The molecule has 8 heteroatoms. The van der Waals surface area contributed by atoms with E-state index in [1.807, 2.05) is 19.0 Å². The normalized spacial score (nSPS) is 22.5. The molecular formula is C33H34N2O6. The largest absolute Gasteiger partial charge is 0.464 e. The summed E-state index contributed by atoms with van der Waals surface area (Å²) in [6.07, 6.45) is 3.85. The highest BCUT2D eigenvalue weighted by molar-refractivity contribution is 6.04. The molecule has 0 amide bonds. The van der Waals surface area contributed by atoms with Crippen molar-refractivity contribution < 1.29 is 23.5 Å². The molecule has 212 valence electrons. The Labute approximate surface area is 238 Å². The van der Waals surface area contributed by atoms with Crippen LogP contribution in [0, 0.1) is 0 Å². The van der Waals surface area contributed by atoms with E-state index in [0.29, 0.717) is 35.3 Å². The molecule has 8 nitrogen and oxygen atoms in total. The van der Waals surface area contributed by atoms with E-state index in [0.717, 1.165) is 29.8 Å². The number of nitrogens with zero attached hydrogens (tertiary/aromatic N) is 1. The second-order valence-corrected chi connectivity index (χ2v) is 11.3. The van der Waals surface area contributed by atoms with Gasteiger partial charge in [-0.05, 0) is 61.9 Å². The summed E-state index contributed by atoms with van der Waals surface area (Å²) < 4.78 is 17.2. The van der Waals surface area contributed by atoms with E-state index in [1.54, 1.807) is 31.2 Å². The third-order valence-electron chi connectivity index (χ3n) is 8.37. The fraction of sp³-hybridized carbons (Fsp3) is 0.364. The van der Waals surface area contributed by atoms with Crippen molar-refractivity contribution in [2.75, 3.05) is 32.2 Å². The molecular weight excluding hydrogens is 520 g/mol. The van der Waals surface area contributed by atoms with Gasteiger partial charge in [0.15, 0.2) is 11.2 Å². The smallest absolute Gasteiger partial charge is 0.336 e. The Morgan fingerprint density at radius 1 is 1.07 bits per heavy atom. The molecule has 3 aromatic rings. The van der Waals surface area contributed by atoms with Gasteiger partial charge in [0.25, 0.3) is 0 Å². The highest BCUT2D eigenvalue weighted by atomic mass is 16.6. The summed E-state index contributed by atoms with van der Waals surface area (Å²) in [4.78, 5) is 43.4. The lowest BCUT2D eigenvalue weighted by molar-refractivity contribution is -0.142. The van der Waals surface area contributed by atoms with Crippen LogP contribution in [0.1, 0.15) is 55.6 Å². The summed E-state index contributed by atoms with van der Waals surface area (Å²) in [6, 6.07) is 15.2. The number of ketones is 1. The van der Waals surface area contributed by atoms with Gasteiger partial charge in [-0.25, -0.2) is 4.79 Å². The van der Waals surface area contributed by atoms with Gasteiger partial charge in [0.1, 0.15) is 12.2 Å². The first-order valence-electron chi connectivity index (χ1n) is 14.1. The van der Waals surface area contributed by atoms with Crippen LogP contribution in [0.4, 0.5) is 5.69 Å². The van der Waals surface area contributed by atoms with Gasteiger partial charge in [-0.1, -0.05) is 24.3 Å². The van der Waals surface area contributed by atoms with Gasteiger partial charge in [-0.2, -0.15) is 0 Å². The number of fused-ring (bicyclic) bond motifs is 1. The van der Waals surface area contributed by atoms with E-state index in [1.165, 1.54) is 6.26 Å². The number of carbonyl (C=O) groups is 2. The van der Waals surface area contributed by atoms with Crippen LogP contribution in [0.2, 0.25) is 0 Å². The topological polar surface area (TPSA) is 98.1 Å². The standard InChI is InChI=1S/C33H34N2O6/c1-19-29(33(38)41-17-23-7-6-14-39-23)30(25-18-40-28-9-5-4-8-24(28)32(25)37)31-26(34-19)15-21(16-27(31)36)20-10-12-22(13-11-20)35(2)3/h4-5,8-13,18,21,23,30,34H,6-7,14-17H2,1-3H3/t21-,23-,30+/m0/s1. The average molecular weight is 555 g/mol. The number of rotatable bonds is 6. The number of allylic oxidation sites excluding steroid dienone is 3. The molecule has 0 radical (unpaired) electrons. The molecule has 6 rings (SSSR count). The Hall–Kier alpha value is -4.17. The number of dihydropyridines is 1. The molecule has 0 bridgehead atoms. The molecule has 1 fully saturated rings. The van der Waals surface area contributed by atoms with Crippen LogP contribution in [0.25, 0.3) is 11.0 Å². The Morgan fingerprint density at radius 2 is 1.85 bits per heavy atom. The van der Waals surface area contributed by atoms with Crippen molar-refractivity contribution >= 4 is 28.4 Å². The van der Waals surface area contributed by atoms with Gasteiger partial charge in [-0.15, -0.1) is 0 Å². The number of Topliss-reactive ketones (excluding diaryl/α,β-unsaturated/α-hetero) is 1. The monoisotopic (exact) mass is 554 g/mol. The summed E-state index contributed by atoms with van der Waals surface area (Å²) in [5, 5.41) is 3.76. The van der Waals surface area contributed by atoms with Crippen molar-refractivity contribution in [3.8, 4) is 0 Å². The van der Waals surface area contributed by atoms with Gasteiger partial charge in [0.2, 0.25) is 0 Å². The minimum Gasteiger partial charge on any atom is -0.464 e. The molecule has 0 saturated carbocycles. The number of para-hydroxylation sites is 1. The second kappa shape index (κ2) is 11.0. The van der Waals surface area contributed by atoms with Crippen molar-refractivity contribution in [1.82, 2.24) is 5.32 Å². The van der Waals surface area contributed by atoms with E-state index in [4.69, 9.17) is 13.9 Å². The minimum atomic E-state index is -0.895. The molecule has 2 aliphatic heterocycles. The van der Waals surface area contributed by atoms with E-state index in [2.05, 4.69) is 29.6 Å². The molecule has 0 spiro atoms. The van der Waals surface area contributed by atoms with Crippen molar-refractivity contribution in [1.29, 1.82) is 0 Å². The SMILES string of the molecule is CC1=C(C(=O)OC[C@@H]2CCCO2)[C@@H](c2coc3ccccc3c2=O)C2=C(C[C@H](c3ccc(N(C)C)cc3)CC2=O)N1. The summed E-state index contributed by atoms with van der Waals surface area (Å²) in [5.41, 5.74) is 4.57. The first-order valence-corrected chi connectivity index (χ1v) is 14.1. The maximum absolute atomic E-state index is 14.0. The number of hydrogen-bond donors (Lipinski definition) is 1. The van der Waals surface area contributed by atoms with Crippen LogP contribution >= 0.6 is 0 Å². The third kappa shape index (κ3) is 5.08. The summed E-state index contributed by atoms with van der Waals surface area (Å²) in [7, 11) is 3.98. The fourth-order valence-corrected chi connectivity index (χ4v) is 6.22. The Morgan fingerprint density at radius 3 is 2.59 bits per heavy atom. The van der Waals surface area contributed by atoms with Crippen LogP contribution in [0.15, 0.2) is 86.5 Å². The van der Waals surface area contributed by atoms with E-state index in [-0.39, 0.29) is 47.4 Å². The molecule has 41 heavy (non-hydrogen) atoms. The predicted molar refractivity (Wildman–Crippen MR) is 156 cm³/mol. The van der Waals surface area contributed by atoms with Crippen LogP contribution in [-0.2, 0) is 19.1 Å². The summed E-state index contributed by atoms with van der Waals surface area (Å²) in [5.74, 6) is -1.59. The van der Waals surface area contributed by atoms with Crippen LogP contribution in [0.5, 0.6) is 0 Å². The Kier molecular flexibility index (Phi) is 7.26. The molecule has 2 aromatic carbocycles. The van der Waals surface area contributed by atoms with Crippen LogP contribution < -0.4 is 15.6 Å². The lowest BCUT2D eigenvalue weighted by Gasteiger charge is -2.36. The first-order chi connectivity index (χ1) is 19.8. The highest BCUT2D eigenvalue weighted by Crippen LogP contribution is 2.45. The molecule has 3 heterocycles. The molecule has 3 aliphatic rings. The van der Waals surface area contributed by atoms with Crippen LogP contribution in [-0.4, -0.2) is 45.2 Å². The molecule has 1 aromatic heterocycles. The molecule has 1 aliphatic carbocycles. The Balaban J connectivity index is 1.41. The van der Waals surface area contributed by atoms with Gasteiger partial charge in [0, 0.05) is 55.3 Å². The van der Waals surface area contributed by atoms with E-state index >= 15 is 0 Å². The van der Waals surface area contributed by atoms with Gasteiger partial charge < -0.3 is 24.1 Å². The zero-order valence-corrected chi connectivity index (χ0v) is 23.6. The number of esters is 1. The zero-order chi connectivity index (χ0) is 28.7. The van der Waals surface area contributed by atoms with Gasteiger partial charge in [-0.3, -0.25) is 9.59 Å². The predicted octanol–water partition coefficient (Wildman–Crippen LogP) is 4.94. The minimum absolute atomic E-state index is 0.0283. The molecule has 3 atom stereocenters. The van der Waals surface area contributed by atoms with Crippen LogP contribution in [0.3, 0.4) is 0 Å². The lowest BCUT2D eigenvalue weighted by atomic mass is 9.72. The number of ether oxygens (including phenoxy) is 2. The zero-order valence-electron chi connectivity index (χ0n) is 23.6. The van der Waals surface area contributed by atoms with Crippen molar-refractivity contribution in [3.05, 3.63) is 98.7 Å². The van der Waals surface area contributed by atoms with Gasteiger partial charge >= 0.3 is 5.97 Å². The summed E-state index contributed by atoms with van der Waals surface area (Å²) in [6.45, 7) is 2.57. The van der Waals surface area contributed by atoms with E-state index in [9.17, 15) is 14.4 Å². The number of nitrogens with one attached hydrogen (secondary N) is 1. The maximum atomic E-state index is 14.0. The molecule has 1 N–H and O–H groups in total. The number of carbonyl (C=O) groups excluding carboxylic acids is 2. The van der Waals surface area contributed by atoms with Gasteiger partial charge in [0.05, 0.1) is 29.2 Å². The first kappa shape index (κ1) is 27.0. The van der Waals surface area contributed by atoms with Crippen molar-refractivity contribution in [3.63, 3.8) is 0 Å². The van der Waals surface area contributed by atoms with Crippen molar-refractivity contribution in [2.24, 2.45) is 0 Å². The average Bonchev–Trinajstić information content (AvgIpc) is 3.49. The highest BCUT2D eigenvalue weighted by Gasteiger charge is 2.43. The van der Waals surface area contributed by atoms with Crippen molar-refractivity contribution in [2.45, 2.75) is 50.5 Å². The summed E-state index contributed by atoms with van der Waals surface area (Å²) >= 11 is 0. The third-order valence-corrected chi connectivity index (χ3v) is 8.37. The molecule has 0 unspecified atom stereocenters. The maximum Gasteiger partial charge on any atom is 0.336 e. The Bertz CT molecular complexity index is 1630. The molecule has 1 saturated heterocycles.